The molecule has 9 heteroatoms. The first-order chi connectivity index (χ1) is 14.1. The number of amides is 2. The number of thiazole rings is 1. The van der Waals surface area contributed by atoms with Crippen LogP contribution in [0, 0.1) is 0 Å². The van der Waals surface area contributed by atoms with Gasteiger partial charge in [0, 0.05) is 56.1 Å². The van der Waals surface area contributed by atoms with Crippen molar-refractivity contribution in [3.8, 4) is 0 Å². The number of carbonyl (C=O) groups excluding carboxylic acids is 2. The molecule has 3 heterocycles. The molecule has 0 unspecified atom stereocenters. The van der Waals surface area contributed by atoms with Gasteiger partial charge in [-0.25, -0.2) is 4.98 Å². The molecule has 1 aliphatic heterocycles. The first-order valence-corrected chi connectivity index (χ1v) is 10.9. The Bertz CT molecular complexity index is 912. The lowest BCUT2D eigenvalue weighted by atomic mass is 10.1. The SMILES string of the molecule is O=C(Cn1cc(C(=O)N2CCN(C3CCCC3)CC2)ccc1=O)Nc1nccs1. The van der Waals surface area contributed by atoms with Gasteiger partial charge in [-0.15, -0.1) is 11.3 Å². The van der Waals surface area contributed by atoms with E-state index in [1.54, 1.807) is 17.6 Å². The minimum Gasteiger partial charge on any atom is -0.336 e. The van der Waals surface area contributed by atoms with Crippen molar-refractivity contribution in [1.29, 1.82) is 0 Å². The molecule has 0 radical (unpaired) electrons. The molecule has 0 atom stereocenters. The normalized spacial score (nSPS) is 18.1. The molecule has 2 amide bonds. The van der Waals surface area contributed by atoms with Crippen molar-refractivity contribution in [2.45, 2.75) is 38.3 Å². The monoisotopic (exact) mass is 415 g/mol. The molecule has 2 aromatic rings. The van der Waals surface area contributed by atoms with Crippen LogP contribution in [0.1, 0.15) is 36.0 Å². The molecule has 2 fully saturated rings. The van der Waals surface area contributed by atoms with E-state index in [0.29, 0.717) is 29.8 Å². The third kappa shape index (κ3) is 4.73. The van der Waals surface area contributed by atoms with Gasteiger partial charge in [0.15, 0.2) is 5.13 Å². The lowest BCUT2D eigenvalue weighted by Crippen LogP contribution is -2.51. The van der Waals surface area contributed by atoms with Gasteiger partial charge in [-0.3, -0.25) is 19.3 Å². The molecular formula is C20H25N5O3S. The molecule has 1 aliphatic carbocycles. The van der Waals surface area contributed by atoms with Gasteiger partial charge < -0.3 is 14.8 Å². The molecule has 8 nitrogen and oxygen atoms in total. The van der Waals surface area contributed by atoms with Crippen LogP contribution < -0.4 is 10.9 Å². The van der Waals surface area contributed by atoms with E-state index in [-0.39, 0.29) is 23.9 Å². The average molecular weight is 416 g/mol. The minimum atomic E-state index is -0.350. The Morgan fingerprint density at radius 1 is 1.14 bits per heavy atom. The zero-order valence-corrected chi connectivity index (χ0v) is 17.1. The third-order valence-corrected chi connectivity index (χ3v) is 6.35. The van der Waals surface area contributed by atoms with Gasteiger partial charge in [0.1, 0.15) is 6.54 Å². The van der Waals surface area contributed by atoms with Crippen molar-refractivity contribution < 1.29 is 9.59 Å². The molecule has 0 aromatic carbocycles. The molecule has 154 valence electrons. The van der Waals surface area contributed by atoms with Crippen molar-refractivity contribution in [2.75, 3.05) is 31.5 Å². The summed E-state index contributed by atoms with van der Waals surface area (Å²) in [4.78, 5) is 45.6. The van der Waals surface area contributed by atoms with Gasteiger partial charge in [0.25, 0.3) is 11.5 Å². The van der Waals surface area contributed by atoms with E-state index in [2.05, 4.69) is 15.2 Å². The number of aromatic nitrogens is 2. The van der Waals surface area contributed by atoms with Crippen LogP contribution in [-0.2, 0) is 11.3 Å². The van der Waals surface area contributed by atoms with E-state index in [0.717, 1.165) is 13.1 Å². The molecule has 2 aromatic heterocycles. The van der Waals surface area contributed by atoms with Gasteiger partial charge in [0.05, 0.1) is 5.56 Å². The molecule has 1 saturated carbocycles. The van der Waals surface area contributed by atoms with Gasteiger partial charge in [-0.2, -0.15) is 0 Å². The predicted octanol–water partition coefficient (Wildman–Crippen LogP) is 1.64. The Hall–Kier alpha value is -2.52. The number of nitrogens with zero attached hydrogens (tertiary/aromatic N) is 4. The number of anilines is 1. The molecule has 1 saturated heterocycles. The number of hydrogen-bond acceptors (Lipinski definition) is 6. The minimum absolute atomic E-state index is 0.0925. The van der Waals surface area contributed by atoms with Crippen molar-refractivity contribution in [3.63, 3.8) is 0 Å². The lowest BCUT2D eigenvalue weighted by molar-refractivity contribution is -0.116. The van der Waals surface area contributed by atoms with Crippen LogP contribution in [0.3, 0.4) is 0 Å². The van der Waals surface area contributed by atoms with Crippen molar-refractivity contribution in [3.05, 3.63) is 45.8 Å². The van der Waals surface area contributed by atoms with Crippen LogP contribution in [0.2, 0.25) is 0 Å². The number of carbonyl (C=O) groups is 2. The third-order valence-electron chi connectivity index (χ3n) is 5.67. The van der Waals surface area contributed by atoms with Crippen LogP contribution in [0.4, 0.5) is 5.13 Å². The summed E-state index contributed by atoms with van der Waals surface area (Å²) in [5.41, 5.74) is 0.114. The number of pyridine rings is 1. The number of hydrogen-bond donors (Lipinski definition) is 1. The number of rotatable bonds is 5. The molecule has 0 spiro atoms. The smallest absolute Gasteiger partial charge is 0.255 e. The van der Waals surface area contributed by atoms with Crippen molar-refractivity contribution in [2.24, 2.45) is 0 Å². The fraction of sp³-hybridized carbons (Fsp3) is 0.500. The first kappa shape index (κ1) is 19.8. The fourth-order valence-electron chi connectivity index (χ4n) is 4.12. The van der Waals surface area contributed by atoms with Crippen LogP contribution >= 0.6 is 11.3 Å². The Morgan fingerprint density at radius 3 is 2.59 bits per heavy atom. The second kappa shape index (κ2) is 8.87. The maximum Gasteiger partial charge on any atom is 0.255 e. The zero-order chi connectivity index (χ0) is 20.2. The van der Waals surface area contributed by atoms with Crippen LogP contribution in [0.15, 0.2) is 34.7 Å². The molecule has 1 N–H and O–H groups in total. The molecular weight excluding hydrogens is 390 g/mol. The van der Waals surface area contributed by atoms with E-state index >= 15 is 0 Å². The molecule has 2 aliphatic rings. The predicted molar refractivity (Wildman–Crippen MR) is 111 cm³/mol. The van der Waals surface area contributed by atoms with Gasteiger partial charge in [0.2, 0.25) is 5.91 Å². The lowest BCUT2D eigenvalue weighted by Gasteiger charge is -2.38. The van der Waals surface area contributed by atoms with Crippen molar-refractivity contribution in [1.82, 2.24) is 19.4 Å². The maximum absolute atomic E-state index is 12.9. The summed E-state index contributed by atoms with van der Waals surface area (Å²) < 4.78 is 1.27. The summed E-state index contributed by atoms with van der Waals surface area (Å²) in [6.07, 6.45) is 8.22. The van der Waals surface area contributed by atoms with E-state index in [1.807, 2.05) is 4.90 Å². The Labute approximate surface area is 173 Å². The van der Waals surface area contributed by atoms with Crippen LogP contribution in [0.25, 0.3) is 0 Å². The summed E-state index contributed by atoms with van der Waals surface area (Å²) in [6.45, 7) is 3.02. The highest BCUT2D eigenvalue weighted by molar-refractivity contribution is 7.13. The second-order valence-corrected chi connectivity index (χ2v) is 8.43. The average Bonchev–Trinajstić information content (AvgIpc) is 3.43. The summed E-state index contributed by atoms with van der Waals surface area (Å²) >= 11 is 1.31. The molecule has 0 bridgehead atoms. The van der Waals surface area contributed by atoms with Crippen LogP contribution in [-0.4, -0.2) is 63.4 Å². The van der Waals surface area contributed by atoms with Gasteiger partial charge >= 0.3 is 0 Å². The fourth-order valence-corrected chi connectivity index (χ4v) is 4.67. The Balaban J connectivity index is 1.38. The van der Waals surface area contributed by atoms with E-state index < -0.39 is 0 Å². The maximum atomic E-state index is 12.9. The van der Waals surface area contributed by atoms with E-state index in [4.69, 9.17) is 0 Å². The summed E-state index contributed by atoms with van der Waals surface area (Å²) in [6, 6.07) is 3.56. The van der Waals surface area contributed by atoms with E-state index in [1.165, 1.54) is 53.9 Å². The Kier molecular flexibility index (Phi) is 6.05. The topological polar surface area (TPSA) is 87.5 Å². The molecule has 4 rings (SSSR count). The highest BCUT2D eigenvalue weighted by Gasteiger charge is 2.28. The van der Waals surface area contributed by atoms with Gasteiger partial charge in [-0.1, -0.05) is 12.8 Å². The number of nitrogens with one attached hydrogen (secondary N) is 1. The second-order valence-electron chi connectivity index (χ2n) is 7.54. The molecule has 29 heavy (non-hydrogen) atoms. The van der Waals surface area contributed by atoms with Crippen LogP contribution in [0.5, 0.6) is 0 Å². The summed E-state index contributed by atoms with van der Waals surface area (Å²) in [7, 11) is 0. The van der Waals surface area contributed by atoms with E-state index in [9.17, 15) is 14.4 Å². The Morgan fingerprint density at radius 2 is 1.90 bits per heavy atom. The quantitative estimate of drug-likeness (QED) is 0.802. The standard InChI is InChI=1S/C20H25N5O3S/c26-17(22-20-21-7-12-29-20)14-25-13-15(5-6-18(25)27)19(28)24-10-8-23(9-11-24)16-3-1-2-4-16/h5-7,12-13,16H,1-4,8-11,14H2,(H,21,22,26). The highest BCUT2D eigenvalue weighted by Crippen LogP contribution is 2.24. The largest absolute Gasteiger partial charge is 0.336 e. The van der Waals surface area contributed by atoms with Crippen molar-refractivity contribution >= 4 is 28.3 Å². The highest BCUT2D eigenvalue weighted by atomic mass is 32.1. The summed E-state index contributed by atoms with van der Waals surface area (Å²) in [5.74, 6) is -0.443. The van der Waals surface area contributed by atoms with Gasteiger partial charge in [-0.05, 0) is 18.9 Å². The first-order valence-electron chi connectivity index (χ1n) is 10.0. The summed E-state index contributed by atoms with van der Waals surface area (Å²) in [5, 5.41) is 4.89. The number of piperazine rings is 1. The zero-order valence-electron chi connectivity index (χ0n) is 16.2.